The molecule has 4 nitrogen and oxygen atoms in total. The molecule has 0 radical (unpaired) electrons. The zero-order valence-electron chi connectivity index (χ0n) is 7.08. The summed E-state index contributed by atoms with van der Waals surface area (Å²) in [7, 11) is 0. The van der Waals surface area contributed by atoms with Crippen LogP contribution in [0.1, 0.15) is 25.7 Å². The molecule has 0 bridgehead atoms. The predicted octanol–water partition coefficient (Wildman–Crippen LogP) is 0.886. The van der Waals surface area contributed by atoms with Gasteiger partial charge in [0.05, 0.1) is 0 Å². The van der Waals surface area contributed by atoms with Crippen LogP contribution in [0, 0.1) is 0 Å². The molecule has 2 aliphatic rings. The second kappa shape index (κ2) is 3.31. The molecule has 2 rings (SSSR count). The first-order chi connectivity index (χ1) is 5.86. The Labute approximate surface area is 71.8 Å². The molecule has 12 heavy (non-hydrogen) atoms. The van der Waals surface area contributed by atoms with E-state index < -0.39 is 0 Å². The first-order valence-corrected chi connectivity index (χ1v) is 4.57. The molecule has 1 heterocycles. The zero-order chi connectivity index (χ0) is 8.39. The number of likely N-dealkylation sites (tertiary alicyclic amines) is 1. The molecule has 1 N–H and O–H groups in total. The van der Waals surface area contributed by atoms with Crippen LogP contribution in [0.25, 0.3) is 0 Å². The number of hydrogen-bond acceptors (Lipinski definition) is 3. The summed E-state index contributed by atoms with van der Waals surface area (Å²) in [5, 5.41) is 0. The standard InChI is InChI=1S/C8H14N2O2/c11-8(10-5-1-2-6-10)12-9-7-3-4-7/h7,9H,1-6H2. The number of nitrogens with zero attached hydrogens (tertiary/aromatic N) is 1. The maximum absolute atomic E-state index is 11.2. The minimum atomic E-state index is -0.209. The molecule has 0 aromatic rings. The number of carbonyl (C=O) groups excluding carboxylic acids is 1. The van der Waals surface area contributed by atoms with E-state index in [1.54, 1.807) is 4.90 Å². The molecule has 4 heteroatoms. The van der Waals surface area contributed by atoms with E-state index in [9.17, 15) is 4.79 Å². The minimum Gasteiger partial charge on any atom is -0.353 e. The van der Waals surface area contributed by atoms with E-state index in [2.05, 4.69) is 5.48 Å². The first-order valence-electron chi connectivity index (χ1n) is 4.57. The largest absolute Gasteiger partial charge is 0.428 e. The van der Waals surface area contributed by atoms with Crippen LogP contribution in [0.5, 0.6) is 0 Å². The Morgan fingerprint density at radius 3 is 2.58 bits per heavy atom. The highest BCUT2D eigenvalue weighted by Crippen LogP contribution is 2.18. The van der Waals surface area contributed by atoms with Gasteiger partial charge in [-0.2, -0.15) is 0 Å². The van der Waals surface area contributed by atoms with E-state index >= 15 is 0 Å². The van der Waals surface area contributed by atoms with E-state index in [1.807, 2.05) is 0 Å². The Kier molecular flexibility index (Phi) is 2.17. The van der Waals surface area contributed by atoms with Crippen LogP contribution in [0.15, 0.2) is 0 Å². The minimum absolute atomic E-state index is 0.209. The van der Waals surface area contributed by atoms with Crippen LogP contribution in [-0.4, -0.2) is 30.1 Å². The molecule has 1 saturated carbocycles. The van der Waals surface area contributed by atoms with E-state index in [0.29, 0.717) is 6.04 Å². The fourth-order valence-electron chi connectivity index (χ4n) is 1.30. The molecule has 0 spiro atoms. The van der Waals surface area contributed by atoms with Gasteiger partial charge in [0.1, 0.15) is 0 Å². The molecule has 0 atom stereocenters. The van der Waals surface area contributed by atoms with Crippen molar-refractivity contribution in [1.82, 2.24) is 10.4 Å². The zero-order valence-corrected chi connectivity index (χ0v) is 7.08. The van der Waals surface area contributed by atoms with Crippen molar-refractivity contribution >= 4 is 6.09 Å². The van der Waals surface area contributed by atoms with Gasteiger partial charge in [0.15, 0.2) is 0 Å². The Morgan fingerprint density at radius 2 is 2.00 bits per heavy atom. The lowest BCUT2D eigenvalue weighted by Gasteiger charge is -2.14. The van der Waals surface area contributed by atoms with Gasteiger partial charge in [0.2, 0.25) is 0 Å². The molecule has 1 aliphatic heterocycles. The average Bonchev–Trinajstić information content (AvgIpc) is 2.74. The third kappa shape index (κ3) is 1.88. The van der Waals surface area contributed by atoms with Crippen LogP contribution < -0.4 is 5.48 Å². The van der Waals surface area contributed by atoms with Crippen molar-refractivity contribution in [2.24, 2.45) is 0 Å². The summed E-state index contributed by atoms with van der Waals surface area (Å²) in [6.45, 7) is 1.70. The SMILES string of the molecule is O=C(ONC1CC1)N1CCCC1. The third-order valence-corrected chi connectivity index (χ3v) is 2.25. The molecular formula is C8H14N2O2. The summed E-state index contributed by atoms with van der Waals surface area (Å²) in [6.07, 6.45) is 4.27. The fraction of sp³-hybridized carbons (Fsp3) is 0.875. The van der Waals surface area contributed by atoms with Gasteiger partial charge in [-0.15, -0.1) is 5.48 Å². The van der Waals surface area contributed by atoms with E-state index in [0.717, 1.165) is 38.8 Å². The van der Waals surface area contributed by atoms with Crippen LogP contribution in [0.2, 0.25) is 0 Å². The Balaban J connectivity index is 1.67. The summed E-state index contributed by atoms with van der Waals surface area (Å²) >= 11 is 0. The lowest BCUT2D eigenvalue weighted by Crippen LogP contribution is -2.33. The third-order valence-electron chi connectivity index (χ3n) is 2.25. The number of rotatable bonds is 2. The van der Waals surface area contributed by atoms with Gasteiger partial charge < -0.3 is 9.74 Å². The quantitative estimate of drug-likeness (QED) is 0.626. The highest BCUT2D eigenvalue weighted by Gasteiger charge is 2.25. The van der Waals surface area contributed by atoms with Crippen molar-refractivity contribution in [1.29, 1.82) is 0 Å². The molecular weight excluding hydrogens is 156 g/mol. The second-order valence-electron chi connectivity index (χ2n) is 3.45. The van der Waals surface area contributed by atoms with Crippen molar-refractivity contribution in [3.8, 4) is 0 Å². The summed E-state index contributed by atoms with van der Waals surface area (Å²) in [5.74, 6) is 0. The highest BCUT2D eigenvalue weighted by molar-refractivity contribution is 5.67. The van der Waals surface area contributed by atoms with Gasteiger partial charge in [-0.25, -0.2) is 4.79 Å². The Hall–Kier alpha value is -0.770. The molecule has 0 aromatic heterocycles. The maximum atomic E-state index is 11.2. The summed E-state index contributed by atoms with van der Waals surface area (Å²) in [6, 6.07) is 0.427. The van der Waals surface area contributed by atoms with Crippen molar-refractivity contribution in [2.75, 3.05) is 13.1 Å². The molecule has 1 amide bonds. The molecule has 1 aliphatic carbocycles. The number of carbonyl (C=O) groups is 1. The monoisotopic (exact) mass is 170 g/mol. The summed E-state index contributed by atoms with van der Waals surface area (Å²) < 4.78 is 0. The Bertz CT molecular complexity index is 174. The van der Waals surface area contributed by atoms with E-state index in [-0.39, 0.29) is 6.09 Å². The number of nitrogens with one attached hydrogen (secondary N) is 1. The van der Waals surface area contributed by atoms with Gasteiger partial charge in [-0.3, -0.25) is 0 Å². The second-order valence-corrected chi connectivity index (χ2v) is 3.45. The van der Waals surface area contributed by atoms with Crippen LogP contribution in [0.4, 0.5) is 4.79 Å². The maximum Gasteiger partial charge on any atom is 0.428 e. The smallest absolute Gasteiger partial charge is 0.353 e. The number of amides is 1. The van der Waals surface area contributed by atoms with Crippen LogP contribution in [0.3, 0.4) is 0 Å². The van der Waals surface area contributed by atoms with Crippen molar-refractivity contribution in [3.05, 3.63) is 0 Å². The Morgan fingerprint density at radius 1 is 1.33 bits per heavy atom. The normalized spacial score (nSPS) is 22.8. The lowest BCUT2D eigenvalue weighted by atomic mass is 10.4. The van der Waals surface area contributed by atoms with Gasteiger partial charge in [0, 0.05) is 19.1 Å². The van der Waals surface area contributed by atoms with Gasteiger partial charge in [-0.1, -0.05) is 0 Å². The average molecular weight is 170 g/mol. The fourth-order valence-corrected chi connectivity index (χ4v) is 1.30. The molecule has 0 unspecified atom stereocenters. The topological polar surface area (TPSA) is 41.6 Å². The van der Waals surface area contributed by atoms with E-state index in [1.165, 1.54) is 0 Å². The van der Waals surface area contributed by atoms with Crippen molar-refractivity contribution < 1.29 is 9.63 Å². The molecule has 68 valence electrons. The van der Waals surface area contributed by atoms with Gasteiger partial charge >= 0.3 is 6.09 Å². The van der Waals surface area contributed by atoms with Crippen LogP contribution in [-0.2, 0) is 4.84 Å². The van der Waals surface area contributed by atoms with Crippen LogP contribution >= 0.6 is 0 Å². The van der Waals surface area contributed by atoms with Crippen molar-refractivity contribution in [3.63, 3.8) is 0 Å². The highest BCUT2D eigenvalue weighted by atomic mass is 16.7. The van der Waals surface area contributed by atoms with Gasteiger partial charge in [0.25, 0.3) is 0 Å². The first kappa shape index (κ1) is 7.86. The molecule has 2 fully saturated rings. The molecule has 1 saturated heterocycles. The van der Waals surface area contributed by atoms with E-state index in [4.69, 9.17) is 4.84 Å². The van der Waals surface area contributed by atoms with Gasteiger partial charge in [-0.05, 0) is 25.7 Å². The predicted molar refractivity (Wildman–Crippen MR) is 43.4 cm³/mol. The lowest BCUT2D eigenvalue weighted by molar-refractivity contribution is 0.0578. The number of hydrogen-bond donors (Lipinski definition) is 1. The number of hydroxylamine groups is 1. The molecule has 0 aromatic carbocycles. The summed E-state index contributed by atoms with van der Waals surface area (Å²) in [4.78, 5) is 17.9. The summed E-state index contributed by atoms with van der Waals surface area (Å²) in [5.41, 5.74) is 2.74. The van der Waals surface area contributed by atoms with Crippen molar-refractivity contribution in [2.45, 2.75) is 31.7 Å².